The van der Waals surface area contributed by atoms with Crippen LogP contribution in [0.5, 0.6) is 0 Å². The number of hydrogen-bond acceptors (Lipinski definition) is 3. The van der Waals surface area contributed by atoms with Gasteiger partial charge < -0.3 is 5.73 Å². The Labute approximate surface area is 115 Å². The molecule has 0 fully saturated rings. The first-order chi connectivity index (χ1) is 8.58. The van der Waals surface area contributed by atoms with E-state index in [-0.39, 0.29) is 6.04 Å². The smallest absolute Gasteiger partial charge is 0.153 e. The van der Waals surface area contributed by atoms with Crippen LogP contribution in [-0.2, 0) is 13.5 Å². The minimum absolute atomic E-state index is 0.0549. The van der Waals surface area contributed by atoms with Crippen LogP contribution in [0.2, 0.25) is 0 Å². The predicted molar refractivity (Wildman–Crippen MR) is 75.1 cm³/mol. The normalized spacial score (nSPS) is 12.7. The summed E-state index contributed by atoms with van der Waals surface area (Å²) in [5, 5.41) is 7.90. The highest BCUT2D eigenvalue weighted by molar-refractivity contribution is 9.10. The summed E-state index contributed by atoms with van der Waals surface area (Å²) in [5.74, 6) is 0. The Morgan fingerprint density at radius 1 is 1.33 bits per heavy atom. The lowest BCUT2D eigenvalue weighted by Crippen LogP contribution is -2.16. The highest BCUT2D eigenvalue weighted by Crippen LogP contribution is 2.22. The molecule has 0 aliphatic rings. The third-order valence-corrected chi connectivity index (χ3v) is 3.61. The van der Waals surface area contributed by atoms with Gasteiger partial charge in [-0.3, -0.25) is 0 Å². The second-order valence-corrected chi connectivity index (χ2v) is 5.27. The first-order valence-corrected chi connectivity index (χ1v) is 6.73. The molecule has 96 valence electrons. The van der Waals surface area contributed by atoms with Crippen molar-refractivity contribution in [2.24, 2.45) is 12.8 Å². The number of benzene rings is 1. The quantitative estimate of drug-likeness (QED) is 0.944. The van der Waals surface area contributed by atoms with Crippen molar-refractivity contribution in [2.75, 3.05) is 0 Å². The zero-order valence-electron chi connectivity index (χ0n) is 10.6. The average Bonchev–Trinajstić information content (AvgIpc) is 2.68. The van der Waals surface area contributed by atoms with Crippen molar-refractivity contribution in [2.45, 2.75) is 25.8 Å². The van der Waals surface area contributed by atoms with Crippen molar-refractivity contribution in [1.82, 2.24) is 15.0 Å². The van der Waals surface area contributed by atoms with Gasteiger partial charge in [0.1, 0.15) is 0 Å². The van der Waals surface area contributed by atoms with Crippen LogP contribution in [0, 0.1) is 6.92 Å². The van der Waals surface area contributed by atoms with Crippen molar-refractivity contribution in [3.8, 4) is 0 Å². The van der Waals surface area contributed by atoms with Crippen LogP contribution in [0.3, 0.4) is 0 Å². The zero-order valence-corrected chi connectivity index (χ0v) is 12.2. The van der Waals surface area contributed by atoms with E-state index in [1.54, 1.807) is 4.68 Å². The van der Waals surface area contributed by atoms with Crippen molar-refractivity contribution >= 4 is 15.9 Å². The second kappa shape index (κ2) is 5.63. The van der Waals surface area contributed by atoms with Gasteiger partial charge in [-0.1, -0.05) is 35.0 Å². The Morgan fingerprint density at radius 2 is 2.00 bits per heavy atom. The Bertz CT molecular complexity index is 499. The number of aromatic nitrogens is 3. The number of hydrogen-bond donors (Lipinski definition) is 1. The summed E-state index contributed by atoms with van der Waals surface area (Å²) in [5.41, 5.74) is 9.72. The van der Waals surface area contributed by atoms with Gasteiger partial charge >= 0.3 is 0 Å². The molecule has 0 amide bonds. The van der Waals surface area contributed by atoms with Gasteiger partial charge in [0, 0.05) is 13.1 Å². The largest absolute Gasteiger partial charge is 0.323 e. The first kappa shape index (κ1) is 13.2. The van der Waals surface area contributed by atoms with E-state index < -0.39 is 0 Å². The van der Waals surface area contributed by atoms with Crippen LogP contribution in [0.4, 0.5) is 0 Å². The Balaban J connectivity index is 2.00. The van der Waals surface area contributed by atoms with E-state index in [0.717, 1.165) is 23.1 Å². The summed E-state index contributed by atoms with van der Waals surface area (Å²) < 4.78 is 2.46. The van der Waals surface area contributed by atoms with Crippen LogP contribution in [0.15, 0.2) is 28.9 Å². The number of rotatable bonds is 4. The van der Waals surface area contributed by atoms with Crippen LogP contribution in [0.25, 0.3) is 0 Å². The van der Waals surface area contributed by atoms with Crippen LogP contribution < -0.4 is 5.73 Å². The standard InChI is InChI=1S/C13H17BrN4/c1-9-3-5-10(6-4-9)7-8-11(15)12-13(14)16-17-18(12)2/h3-6,11H,7-8,15H2,1-2H3. The Hall–Kier alpha value is -1.20. The number of nitrogens with two attached hydrogens (primary N) is 1. The van der Waals surface area contributed by atoms with Gasteiger partial charge in [-0.25, -0.2) is 4.68 Å². The van der Waals surface area contributed by atoms with Crippen molar-refractivity contribution in [3.63, 3.8) is 0 Å². The lowest BCUT2D eigenvalue weighted by Gasteiger charge is -2.12. The molecular formula is C13H17BrN4. The Morgan fingerprint density at radius 3 is 2.56 bits per heavy atom. The van der Waals surface area contributed by atoms with E-state index in [0.29, 0.717) is 0 Å². The fourth-order valence-electron chi connectivity index (χ4n) is 1.95. The van der Waals surface area contributed by atoms with Gasteiger partial charge in [-0.2, -0.15) is 0 Å². The maximum Gasteiger partial charge on any atom is 0.153 e. The predicted octanol–water partition coefficient (Wildman–Crippen LogP) is 2.52. The molecule has 5 heteroatoms. The molecule has 1 atom stereocenters. The lowest BCUT2D eigenvalue weighted by molar-refractivity contribution is 0.575. The third-order valence-electron chi connectivity index (χ3n) is 3.04. The molecule has 1 unspecified atom stereocenters. The molecule has 0 aliphatic carbocycles. The fraction of sp³-hybridized carbons (Fsp3) is 0.385. The molecule has 1 heterocycles. The molecule has 18 heavy (non-hydrogen) atoms. The molecule has 1 aromatic heterocycles. The molecule has 0 radical (unpaired) electrons. The van der Waals surface area contributed by atoms with Gasteiger partial charge in [0.2, 0.25) is 0 Å². The van der Waals surface area contributed by atoms with E-state index in [2.05, 4.69) is 57.4 Å². The van der Waals surface area contributed by atoms with Gasteiger partial charge in [0.15, 0.2) is 4.60 Å². The van der Waals surface area contributed by atoms with Crippen LogP contribution in [0.1, 0.15) is 29.3 Å². The van der Waals surface area contributed by atoms with E-state index in [1.165, 1.54) is 11.1 Å². The lowest BCUT2D eigenvalue weighted by atomic mass is 10.0. The average molecular weight is 309 g/mol. The van der Waals surface area contributed by atoms with E-state index in [1.807, 2.05) is 7.05 Å². The molecular weight excluding hydrogens is 292 g/mol. The van der Waals surface area contributed by atoms with Gasteiger partial charge in [-0.15, -0.1) is 5.10 Å². The number of aryl methyl sites for hydroxylation is 3. The first-order valence-electron chi connectivity index (χ1n) is 5.94. The SMILES string of the molecule is Cc1ccc(CCC(N)c2c(Br)nnn2C)cc1. The molecule has 2 aromatic rings. The maximum absolute atomic E-state index is 6.19. The summed E-state index contributed by atoms with van der Waals surface area (Å²) in [6.45, 7) is 2.09. The van der Waals surface area contributed by atoms with Crippen molar-refractivity contribution < 1.29 is 0 Å². The molecule has 0 spiro atoms. The number of nitrogens with zero attached hydrogens (tertiary/aromatic N) is 3. The summed E-state index contributed by atoms with van der Waals surface area (Å²) in [6, 6.07) is 8.50. The van der Waals surface area contributed by atoms with Crippen molar-refractivity contribution in [3.05, 3.63) is 45.7 Å². The summed E-state index contributed by atoms with van der Waals surface area (Å²) in [6.07, 6.45) is 1.84. The fourth-order valence-corrected chi connectivity index (χ4v) is 2.57. The molecule has 0 aliphatic heterocycles. The highest BCUT2D eigenvalue weighted by Gasteiger charge is 2.15. The third kappa shape index (κ3) is 2.97. The number of halogens is 1. The van der Waals surface area contributed by atoms with Crippen molar-refractivity contribution in [1.29, 1.82) is 0 Å². The topological polar surface area (TPSA) is 56.7 Å². The van der Waals surface area contributed by atoms with Gasteiger partial charge in [0.25, 0.3) is 0 Å². The zero-order chi connectivity index (χ0) is 13.1. The molecule has 2 rings (SSSR count). The second-order valence-electron chi connectivity index (χ2n) is 4.52. The van der Waals surface area contributed by atoms with E-state index >= 15 is 0 Å². The molecule has 2 N–H and O–H groups in total. The monoisotopic (exact) mass is 308 g/mol. The van der Waals surface area contributed by atoms with Gasteiger partial charge in [0.05, 0.1) is 5.69 Å². The molecule has 1 aromatic carbocycles. The summed E-state index contributed by atoms with van der Waals surface area (Å²) in [7, 11) is 1.86. The molecule has 0 bridgehead atoms. The minimum atomic E-state index is -0.0549. The molecule has 0 saturated carbocycles. The van der Waals surface area contributed by atoms with E-state index in [4.69, 9.17) is 5.73 Å². The summed E-state index contributed by atoms with van der Waals surface area (Å²) in [4.78, 5) is 0. The van der Waals surface area contributed by atoms with Gasteiger partial charge in [-0.05, 0) is 41.3 Å². The van der Waals surface area contributed by atoms with Crippen LogP contribution >= 0.6 is 15.9 Å². The minimum Gasteiger partial charge on any atom is -0.323 e. The Kier molecular flexibility index (Phi) is 4.14. The maximum atomic E-state index is 6.19. The summed E-state index contributed by atoms with van der Waals surface area (Å²) >= 11 is 3.38. The molecule has 4 nitrogen and oxygen atoms in total. The van der Waals surface area contributed by atoms with E-state index in [9.17, 15) is 0 Å². The van der Waals surface area contributed by atoms with Crippen LogP contribution in [-0.4, -0.2) is 15.0 Å². The highest BCUT2D eigenvalue weighted by atomic mass is 79.9. The molecule has 0 saturated heterocycles.